The Morgan fingerprint density at radius 2 is 1.82 bits per heavy atom. The second kappa shape index (κ2) is 14.2. The molecule has 2 bridgehead atoms. The summed E-state index contributed by atoms with van der Waals surface area (Å²) >= 11 is 1.71. The third kappa shape index (κ3) is 7.09. The lowest BCUT2D eigenvalue weighted by Gasteiger charge is -2.27. The summed E-state index contributed by atoms with van der Waals surface area (Å²) < 4.78 is 5.46. The van der Waals surface area contributed by atoms with Crippen molar-refractivity contribution < 1.29 is 14.3 Å². The minimum Gasteiger partial charge on any atom is -0.445 e. The third-order valence-electron chi connectivity index (χ3n) is 11.3. The summed E-state index contributed by atoms with van der Waals surface area (Å²) in [6, 6.07) is 13.4. The lowest BCUT2D eigenvalue weighted by molar-refractivity contribution is -0.128. The van der Waals surface area contributed by atoms with Gasteiger partial charge in [0.1, 0.15) is 10.6 Å². The van der Waals surface area contributed by atoms with E-state index in [1.165, 1.54) is 22.3 Å². The minimum absolute atomic E-state index is 0.0376. The Labute approximate surface area is 305 Å². The molecule has 2 saturated heterocycles. The molecule has 3 fully saturated rings. The largest absolute Gasteiger partial charge is 0.445 e. The summed E-state index contributed by atoms with van der Waals surface area (Å²) in [6.45, 7) is 17.4. The molecule has 5 heterocycles. The Hall–Kier alpha value is -4.02. The number of amides is 1. The SMILES string of the molecule is Cc1cc(C)cc(-c2[nH]c3sc(C(C)(C)C(=O)C4C5CCC4NC5)cc3c2[C@H](C)CNC(=NC(=O)OC(C)C)N2CCC(c3ccncc3)C2)c1. The van der Waals surface area contributed by atoms with Gasteiger partial charge in [-0.15, -0.1) is 16.3 Å². The van der Waals surface area contributed by atoms with Gasteiger partial charge in [0, 0.05) is 66.1 Å². The highest BCUT2D eigenvalue weighted by Crippen LogP contribution is 2.46. The first-order valence-electron chi connectivity index (χ1n) is 18.6. The van der Waals surface area contributed by atoms with Crippen molar-refractivity contribution in [2.75, 3.05) is 26.2 Å². The molecular formula is C41H52N6O3S. The smallest absolute Gasteiger partial charge is 0.437 e. The van der Waals surface area contributed by atoms with Gasteiger partial charge < -0.3 is 25.3 Å². The zero-order valence-electron chi connectivity index (χ0n) is 31.0. The third-order valence-corrected chi connectivity index (χ3v) is 12.6. The van der Waals surface area contributed by atoms with Gasteiger partial charge in [0.15, 0.2) is 0 Å². The molecule has 0 spiro atoms. The number of hydrogen-bond donors (Lipinski definition) is 3. The number of Topliss-reactive ketones (excluding diaryl/α,β-unsaturated/α-hetero) is 1. The van der Waals surface area contributed by atoms with Crippen LogP contribution in [0.3, 0.4) is 0 Å². The number of aliphatic imine (C=N–C) groups is 1. The van der Waals surface area contributed by atoms with Crippen LogP contribution in [0.5, 0.6) is 0 Å². The lowest BCUT2D eigenvalue weighted by Crippen LogP contribution is -2.42. The number of aromatic nitrogens is 2. The molecular weight excluding hydrogens is 657 g/mol. The number of ether oxygens (including phenoxy) is 1. The van der Waals surface area contributed by atoms with Crippen molar-refractivity contribution in [3.05, 3.63) is 75.9 Å². The number of carbonyl (C=O) groups is 2. The maximum absolute atomic E-state index is 14.2. The maximum Gasteiger partial charge on any atom is 0.437 e. The average Bonchev–Trinajstić information content (AvgIpc) is 3.92. The van der Waals surface area contributed by atoms with Crippen LogP contribution in [0.15, 0.2) is 53.8 Å². The standard InChI is InChI=1S/C41H52N6O3S/c1-23(2)50-40(49)46-39(47-15-12-29(22-47)27-10-13-42-14-11-27)44-20-26(5)34-31-19-33(41(6,7)37(48)35-28-8-9-32(35)43-21-28)51-38(31)45-36(34)30-17-24(3)16-25(4)18-30/h10-11,13-14,16-19,23,26,28-29,32,35,43,45H,8-9,12,15,20-22H2,1-7H3,(H,44,46,49)/t26-,28?,29?,32?,35?/m1/s1. The van der Waals surface area contributed by atoms with Crippen LogP contribution < -0.4 is 10.6 Å². The number of H-pyrrole nitrogens is 1. The molecule has 3 aliphatic rings. The predicted molar refractivity (Wildman–Crippen MR) is 206 cm³/mol. The van der Waals surface area contributed by atoms with Gasteiger partial charge in [0.05, 0.1) is 17.2 Å². The minimum atomic E-state index is -0.590. The number of carbonyl (C=O) groups excluding carboxylic acids is 2. The fraction of sp³-hybridized carbons (Fsp3) is 0.512. The highest BCUT2D eigenvalue weighted by Gasteiger charge is 2.50. The van der Waals surface area contributed by atoms with E-state index in [4.69, 9.17) is 4.74 Å². The molecule has 5 atom stereocenters. The van der Waals surface area contributed by atoms with E-state index in [1.807, 2.05) is 26.2 Å². The maximum atomic E-state index is 14.2. The van der Waals surface area contributed by atoms with Crippen molar-refractivity contribution >= 4 is 39.4 Å². The van der Waals surface area contributed by atoms with Crippen LogP contribution in [0.4, 0.5) is 4.79 Å². The van der Waals surface area contributed by atoms with Gasteiger partial charge in [-0.05, 0) is 120 Å². The van der Waals surface area contributed by atoms with E-state index in [9.17, 15) is 9.59 Å². The summed E-state index contributed by atoms with van der Waals surface area (Å²) in [4.78, 5) is 43.9. The van der Waals surface area contributed by atoms with E-state index in [0.717, 1.165) is 65.2 Å². The van der Waals surface area contributed by atoms with Crippen molar-refractivity contribution in [1.82, 2.24) is 25.5 Å². The van der Waals surface area contributed by atoms with Crippen molar-refractivity contribution in [3.8, 4) is 11.3 Å². The molecule has 3 N–H and O–H groups in total. The average molecular weight is 709 g/mol. The molecule has 9 nitrogen and oxygen atoms in total. The van der Waals surface area contributed by atoms with E-state index in [0.29, 0.717) is 36.2 Å². The zero-order chi connectivity index (χ0) is 36.0. The topological polar surface area (TPSA) is 112 Å². The summed E-state index contributed by atoms with van der Waals surface area (Å²) in [6.07, 6.45) is 6.01. The predicted octanol–water partition coefficient (Wildman–Crippen LogP) is 7.84. The summed E-state index contributed by atoms with van der Waals surface area (Å²) in [5.74, 6) is 1.81. The van der Waals surface area contributed by atoms with Gasteiger partial charge in [-0.3, -0.25) is 9.78 Å². The number of nitrogens with one attached hydrogen (secondary N) is 3. The highest BCUT2D eigenvalue weighted by molar-refractivity contribution is 7.19. The fourth-order valence-corrected chi connectivity index (χ4v) is 9.87. The first kappa shape index (κ1) is 35.4. The van der Waals surface area contributed by atoms with Crippen LogP contribution >= 0.6 is 11.3 Å². The van der Waals surface area contributed by atoms with Crippen LogP contribution in [0.25, 0.3) is 21.5 Å². The van der Waals surface area contributed by atoms with E-state index >= 15 is 0 Å². The molecule has 270 valence electrons. The monoisotopic (exact) mass is 708 g/mol. The number of hydrogen-bond acceptors (Lipinski definition) is 6. The second-order valence-electron chi connectivity index (χ2n) is 15.9. The van der Waals surface area contributed by atoms with Crippen LogP contribution in [0.1, 0.15) is 92.8 Å². The first-order chi connectivity index (χ1) is 24.4. The number of thiophene rings is 1. The van der Waals surface area contributed by atoms with Gasteiger partial charge in [0.2, 0.25) is 5.96 Å². The fourth-order valence-electron chi connectivity index (χ4n) is 8.69. The Bertz CT molecular complexity index is 1900. The number of ketones is 1. The van der Waals surface area contributed by atoms with Crippen LogP contribution in [-0.4, -0.2) is 71.0 Å². The number of piperidine rings is 1. The Morgan fingerprint density at radius 3 is 2.47 bits per heavy atom. The van der Waals surface area contributed by atoms with E-state index < -0.39 is 11.5 Å². The van der Waals surface area contributed by atoms with E-state index in [-0.39, 0.29) is 17.9 Å². The molecule has 51 heavy (non-hydrogen) atoms. The van der Waals surface area contributed by atoms with Gasteiger partial charge in [-0.2, -0.15) is 0 Å². The molecule has 4 aromatic rings. The van der Waals surface area contributed by atoms with E-state index in [2.05, 4.69) is 102 Å². The van der Waals surface area contributed by atoms with Gasteiger partial charge >= 0.3 is 6.09 Å². The normalized spacial score (nSPS) is 22.7. The van der Waals surface area contributed by atoms with Crippen molar-refractivity contribution in [2.24, 2.45) is 16.8 Å². The molecule has 1 saturated carbocycles. The Kier molecular flexibility index (Phi) is 9.84. The quantitative estimate of drug-likeness (QED) is 0.120. The molecule has 0 radical (unpaired) electrons. The van der Waals surface area contributed by atoms with Crippen molar-refractivity contribution in [1.29, 1.82) is 0 Å². The van der Waals surface area contributed by atoms with Gasteiger partial charge in [-0.1, -0.05) is 24.1 Å². The number of guanidine groups is 1. The molecule has 1 amide bonds. The number of likely N-dealkylation sites (tertiary alicyclic amines) is 1. The van der Waals surface area contributed by atoms with Crippen LogP contribution in [-0.2, 0) is 14.9 Å². The van der Waals surface area contributed by atoms with Crippen LogP contribution in [0.2, 0.25) is 0 Å². The molecule has 2 aliphatic heterocycles. The Morgan fingerprint density at radius 1 is 1.08 bits per heavy atom. The summed E-state index contributed by atoms with van der Waals surface area (Å²) in [5.41, 5.74) is 6.53. The molecule has 10 heteroatoms. The highest BCUT2D eigenvalue weighted by atomic mass is 32.1. The van der Waals surface area contributed by atoms with Gasteiger partial charge in [-0.25, -0.2) is 4.79 Å². The first-order valence-corrected chi connectivity index (χ1v) is 19.4. The summed E-state index contributed by atoms with van der Waals surface area (Å²) in [7, 11) is 0. The molecule has 1 aliphatic carbocycles. The number of aryl methyl sites for hydroxylation is 2. The molecule has 4 unspecified atom stereocenters. The lowest BCUT2D eigenvalue weighted by atomic mass is 9.76. The number of aromatic amines is 1. The Balaban J connectivity index is 1.20. The van der Waals surface area contributed by atoms with Gasteiger partial charge in [0.25, 0.3) is 0 Å². The number of rotatable bonds is 9. The number of benzene rings is 1. The van der Waals surface area contributed by atoms with E-state index in [1.54, 1.807) is 11.3 Å². The number of nitrogens with zero attached hydrogens (tertiary/aromatic N) is 3. The number of pyridine rings is 1. The second-order valence-corrected chi connectivity index (χ2v) is 16.9. The van der Waals surface area contributed by atoms with Crippen molar-refractivity contribution in [3.63, 3.8) is 0 Å². The van der Waals surface area contributed by atoms with Crippen molar-refractivity contribution in [2.45, 2.75) is 97.1 Å². The molecule has 7 rings (SSSR count). The molecule has 1 aromatic carbocycles. The molecule has 3 aromatic heterocycles. The van der Waals surface area contributed by atoms with Crippen LogP contribution in [0, 0.1) is 25.7 Å². The zero-order valence-corrected chi connectivity index (χ0v) is 31.8. The number of fused-ring (bicyclic) bond motifs is 3. The summed E-state index contributed by atoms with van der Waals surface area (Å²) in [5, 5.41) is 8.34.